The largest absolute Gasteiger partial charge is 0.476 e. The summed E-state index contributed by atoms with van der Waals surface area (Å²) in [6.07, 6.45) is 0.728. The van der Waals surface area contributed by atoms with Crippen LogP contribution in [0.4, 0.5) is 13.2 Å². The van der Waals surface area contributed by atoms with Crippen molar-refractivity contribution < 1.29 is 22.7 Å². The molecule has 0 atom stereocenters. The third kappa shape index (κ3) is 4.70. The molecule has 1 N–H and O–H groups in total. The summed E-state index contributed by atoms with van der Waals surface area (Å²) in [5.74, 6) is -0.103. The number of carbonyl (C=O) groups is 1. The van der Waals surface area contributed by atoms with E-state index in [-0.39, 0.29) is 35.3 Å². The van der Waals surface area contributed by atoms with Gasteiger partial charge in [0.25, 0.3) is 5.91 Å². The van der Waals surface area contributed by atoms with Crippen LogP contribution in [-0.2, 0) is 6.54 Å². The van der Waals surface area contributed by atoms with Gasteiger partial charge in [-0.25, -0.2) is 9.67 Å². The minimum atomic E-state index is -4.30. The molecule has 0 spiro atoms. The van der Waals surface area contributed by atoms with Gasteiger partial charge in [0.15, 0.2) is 5.82 Å². The Hall–Kier alpha value is -2.73. The Morgan fingerprint density at radius 1 is 1.34 bits per heavy atom. The van der Waals surface area contributed by atoms with Crippen molar-refractivity contribution in [3.63, 3.8) is 0 Å². The highest BCUT2D eigenvalue weighted by Crippen LogP contribution is 2.57. The zero-order valence-corrected chi connectivity index (χ0v) is 18.3. The number of nitrogens with one attached hydrogen (secondary N) is 1. The van der Waals surface area contributed by atoms with Crippen molar-refractivity contribution in [2.75, 3.05) is 6.61 Å². The number of ether oxygens (including phenoxy) is 1. The molecule has 0 unspecified atom stereocenters. The first-order chi connectivity index (χ1) is 15.2. The second-order valence-corrected chi connectivity index (χ2v) is 8.48. The van der Waals surface area contributed by atoms with Crippen LogP contribution in [0, 0.1) is 5.41 Å². The molecule has 3 aromatic rings. The summed E-state index contributed by atoms with van der Waals surface area (Å²) < 4.78 is 50.0. The van der Waals surface area contributed by atoms with E-state index in [2.05, 4.69) is 19.9 Å². The molecule has 4 rings (SSSR count). The van der Waals surface area contributed by atoms with Gasteiger partial charge in [-0.3, -0.25) is 14.2 Å². The number of aromatic nitrogens is 5. The number of hydrogen-bond acceptors (Lipinski definition) is 6. The van der Waals surface area contributed by atoms with Crippen molar-refractivity contribution >= 4 is 29.5 Å². The molecule has 8 nitrogen and oxygen atoms in total. The van der Waals surface area contributed by atoms with Crippen molar-refractivity contribution in [2.24, 2.45) is 5.41 Å². The zero-order chi connectivity index (χ0) is 22.9. The van der Waals surface area contributed by atoms with Gasteiger partial charge in [0, 0.05) is 25.0 Å². The van der Waals surface area contributed by atoms with Gasteiger partial charge in [-0.05, 0) is 43.8 Å². The summed E-state index contributed by atoms with van der Waals surface area (Å²) in [4.78, 5) is 17.3. The minimum absolute atomic E-state index is 0.0446. The second-order valence-electron chi connectivity index (χ2n) is 7.24. The van der Waals surface area contributed by atoms with Crippen molar-refractivity contribution in [1.29, 1.82) is 0 Å². The number of rotatable bonds is 8. The number of hydrogen-bond donors (Lipinski definition) is 1. The molecule has 170 valence electrons. The normalized spacial score (nSPS) is 14.9. The van der Waals surface area contributed by atoms with E-state index in [0.717, 1.165) is 23.4 Å². The average Bonchev–Trinajstić information content (AvgIpc) is 3.20. The highest BCUT2D eigenvalue weighted by Gasteiger charge is 2.64. The SMILES string of the molecule is CCn1cc(SNC(=O)c2ccc(-n3ccc(OCC4(C(F)(F)F)CC4)n3)nc2Cl)cn1. The van der Waals surface area contributed by atoms with Gasteiger partial charge in [0.2, 0.25) is 5.88 Å². The highest BCUT2D eigenvalue weighted by atomic mass is 35.5. The average molecular weight is 487 g/mol. The van der Waals surface area contributed by atoms with Crippen LogP contribution in [0.3, 0.4) is 0 Å². The van der Waals surface area contributed by atoms with Crippen molar-refractivity contribution in [3.8, 4) is 11.7 Å². The molecule has 1 saturated carbocycles. The third-order valence-electron chi connectivity index (χ3n) is 5.02. The number of halogens is 4. The minimum Gasteiger partial charge on any atom is -0.476 e. The Morgan fingerprint density at radius 3 is 2.75 bits per heavy atom. The number of carbonyl (C=O) groups excluding carboxylic acids is 1. The number of aryl methyl sites for hydroxylation is 1. The Kier molecular flexibility index (Phi) is 6.08. The van der Waals surface area contributed by atoms with Crippen LogP contribution >= 0.6 is 23.5 Å². The quantitative estimate of drug-likeness (QED) is 0.377. The second kappa shape index (κ2) is 8.66. The summed E-state index contributed by atoms with van der Waals surface area (Å²) >= 11 is 7.28. The van der Waals surface area contributed by atoms with Gasteiger partial charge in [0.1, 0.15) is 17.2 Å². The fourth-order valence-corrected chi connectivity index (χ4v) is 3.67. The molecule has 1 aliphatic carbocycles. The van der Waals surface area contributed by atoms with E-state index in [1.165, 1.54) is 29.1 Å². The maximum absolute atomic E-state index is 13.0. The van der Waals surface area contributed by atoms with Crippen LogP contribution in [0.5, 0.6) is 5.88 Å². The molecule has 0 aromatic carbocycles. The Balaban J connectivity index is 1.38. The van der Waals surface area contributed by atoms with Crippen LogP contribution in [0.2, 0.25) is 5.15 Å². The molecule has 13 heteroatoms. The first-order valence-corrected chi connectivity index (χ1v) is 10.8. The summed E-state index contributed by atoms with van der Waals surface area (Å²) in [5.41, 5.74) is -1.61. The van der Waals surface area contributed by atoms with E-state index in [1.807, 2.05) is 6.92 Å². The molecular weight excluding hydrogens is 469 g/mol. The summed E-state index contributed by atoms with van der Waals surface area (Å²) in [5, 5.41) is 8.17. The maximum Gasteiger partial charge on any atom is 0.397 e. The van der Waals surface area contributed by atoms with Crippen LogP contribution in [-0.4, -0.2) is 43.2 Å². The fourth-order valence-electron chi connectivity index (χ4n) is 2.84. The van der Waals surface area contributed by atoms with Crippen LogP contribution in [0.15, 0.2) is 41.7 Å². The third-order valence-corrected chi connectivity index (χ3v) is 6.05. The Morgan fingerprint density at radius 2 is 2.12 bits per heavy atom. The number of pyridine rings is 1. The van der Waals surface area contributed by atoms with E-state index in [4.69, 9.17) is 16.3 Å². The molecule has 0 radical (unpaired) electrons. The predicted molar refractivity (Wildman–Crippen MR) is 111 cm³/mol. The number of nitrogens with zero attached hydrogens (tertiary/aromatic N) is 5. The standard InChI is InChI=1S/C19H18ClF3N6O2S/c1-2-28-10-12(9-24-28)32-27-17(30)13-3-4-14(25-16(13)20)29-8-5-15(26-29)31-11-18(6-7-18)19(21,22)23/h3-5,8-10H,2,6-7,11H2,1H3,(H,27,30). The van der Waals surface area contributed by atoms with Gasteiger partial charge in [-0.15, -0.1) is 5.10 Å². The van der Waals surface area contributed by atoms with Gasteiger partial charge < -0.3 is 4.74 Å². The molecule has 1 fully saturated rings. The lowest BCUT2D eigenvalue weighted by Crippen LogP contribution is -2.30. The lowest BCUT2D eigenvalue weighted by Gasteiger charge is -2.18. The summed E-state index contributed by atoms with van der Waals surface area (Å²) in [6.45, 7) is 2.19. The summed E-state index contributed by atoms with van der Waals surface area (Å²) in [6, 6.07) is 4.45. The summed E-state index contributed by atoms with van der Waals surface area (Å²) in [7, 11) is 0. The van der Waals surface area contributed by atoms with Crippen molar-refractivity contribution in [2.45, 2.75) is 37.4 Å². The zero-order valence-electron chi connectivity index (χ0n) is 16.8. The van der Waals surface area contributed by atoms with Gasteiger partial charge in [-0.2, -0.15) is 18.3 Å². The van der Waals surface area contributed by atoms with E-state index in [1.54, 1.807) is 17.1 Å². The van der Waals surface area contributed by atoms with Gasteiger partial charge in [-0.1, -0.05) is 11.6 Å². The molecule has 0 aliphatic heterocycles. The van der Waals surface area contributed by atoms with E-state index >= 15 is 0 Å². The highest BCUT2D eigenvalue weighted by molar-refractivity contribution is 7.98. The molecule has 3 aromatic heterocycles. The Labute approximate surface area is 190 Å². The van der Waals surface area contributed by atoms with Crippen LogP contribution in [0.25, 0.3) is 5.82 Å². The molecule has 1 amide bonds. The van der Waals surface area contributed by atoms with E-state index < -0.39 is 24.1 Å². The fraction of sp³-hybridized carbons (Fsp3) is 0.368. The first-order valence-electron chi connectivity index (χ1n) is 9.62. The van der Waals surface area contributed by atoms with E-state index in [0.29, 0.717) is 0 Å². The predicted octanol–water partition coefficient (Wildman–Crippen LogP) is 4.30. The lowest BCUT2D eigenvalue weighted by molar-refractivity contribution is -0.194. The first kappa shape index (κ1) is 22.5. The van der Waals surface area contributed by atoms with Crippen molar-refractivity contribution in [1.82, 2.24) is 29.3 Å². The van der Waals surface area contributed by atoms with Gasteiger partial charge in [0.05, 0.1) is 16.7 Å². The lowest BCUT2D eigenvalue weighted by atomic mass is 10.1. The van der Waals surface area contributed by atoms with Crippen molar-refractivity contribution in [3.05, 3.63) is 47.5 Å². The monoisotopic (exact) mass is 486 g/mol. The van der Waals surface area contributed by atoms with E-state index in [9.17, 15) is 18.0 Å². The number of amides is 1. The Bertz CT molecular complexity index is 1130. The van der Waals surface area contributed by atoms with Crippen LogP contribution < -0.4 is 9.46 Å². The number of alkyl halides is 3. The molecular formula is C19H18ClF3N6O2S. The molecule has 32 heavy (non-hydrogen) atoms. The smallest absolute Gasteiger partial charge is 0.397 e. The molecule has 0 saturated heterocycles. The maximum atomic E-state index is 13.0. The van der Waals surface area contributed by atoms with Gasteiger partial charge >= 0.3 is 6.18 Å². The molecule has 1 aliphatic rings. The van der Waals surface area contributed by atoms with Crippen LogP contribution in [0.1, 0.15) is 30.1 Å². The molecule has 3 heterocycles. The molecule has 0 bridgehead atoms. The topological polar surface area (TPSA) is 86.9 Å².